The molecule has 4 rings (SSSR count). The van der Waals surface area contributed by atoms with E-state index >= 15 is 0 Å². The van der Waals surface area contributed by atoms with Crippen molar-refractivity contribution in [1.29, 1.82) is 0 Å². The number of pyridine rings is 2. The zero-order chi connectivity index (χ0) is 22.0. The van der Waals surface area contributed by atoms with Crippen molar-refractivity contribution in [3.8, 4) is 0 Å². The molecule has 0 aliphatic carbocycles. The number of hydrogen-bond donors (Lipinski definition) is 1. The molecule has 0 aliphatic rings. The normalized spacial score (nSPS) is 11.6. The van der Waals surface area contributed by atoms with E-state index in [4.69, 9.17) is 11.6 Å². The molecular formula is C24H19ClF3N3. The van der Waals surface area contributed by atoms with E-state index in [0.29, 0.717) is 5.82 Å². The number of aromatic nitrogens is 2. The van der Waals surface area contributed by atoms with Crippen molar-refractivity contribution >= 4 is 33.9 Å². The predicted octanol–water partition coefficient (Wildman–Crippen LogP) is 7.14. The number of nitrogens with zero attached hydrogens (tertiary/aromatic N) is 2. The second-order valence-electron chi connectivity index (χ2n) is 7.34. The number of halogens is 4. The van der Waals surface area contributed by atoms with Gasteiger partial charge in [0.1, 0.15) is 5.82 Å². The molecule has 7 heteroatoms. The number of alkyl halides is 3. The van der Waals surface area contributed by atoms with Gasteiger partial charge in [0.2, 0.25) is 0 Å². The second kappa shape index (κ2) is 8.55. The Bertz CT molecular complexity index is 1220. The Labute approximate surface area is 182 Å². The number of hydrogen-bond acceptors (Lipinski definition) is 3. The minimum atomic E-state index is -4.48. The third kappa shape index (κ3) is 4.97. The van der Waals surface area contributed by atoms with Crippen LogP contribution in [0.5, 0.6) is 0 Å². The van der Waals surface area contributed by atoms with Gasteiger partial charge in [0.15, 0.2) is 0 Å². The zero-order valence-corrected chi connectivity index (χ0v) is 17.4. The molecule has 0 radical (unpaired) electrons. The van der Waals surface area contributed by atoms with E-state index in [1.807, 2.05) is 43.5 Å². The molecule has 0 saturated carbocycles. The largest absolute Gasteiger partial charge is 0.416 e. The van der Waals surface area contributed by atoms with Crippen LogP contribution in [0.4, 0.5) is 24.7 Å². The summed E-state index contributed by atoms with van der Waals surface area (Å²) in [6.45, 7) is 1.95. The highest BCUT2D eigenvalue weighted by molar-refractivity contribution is 6.31. The minimum absolute atomic E-state index is 0.00459. The molecule has 2 heterocycles. The molecule has 0 atom stereocenters. The third-order valence-electron chi connectivity index (χ3n) is 5.02. The number of benzene rings is 2. The lowest BCUT2D eigenvalue weighted by Crippen LogP contribution is -2.06. The SMILES string of the molecule is Cc1ccc(CCc2cnc(Nc3cc(Cl)cc(C(F)(F)F)c3)c3ccccc23)cn1. The second-order valence-corrected chi connectivity index (χ2v) is 7.77. The van der Waals surface area contributed by atoms with Crippen molar-refractivity contribution in [2.75, 3.05) is 5.32 Å². The van der Waals surface area contributed by atoms with Gasteiger partial charge >= 0.3 is 6.18 Å². The fourth-order valence-corrected chi connectivity index (χ4v) is 3.67. The Hall–Kier alpha value is -3.12. The van der Waals surface area contributed by atoms with Crippen LogP contribution in [0.25, 0.3) is 10.8 Å². The van der Waals surface area contributed by atoms with Gasteiger partial charge in [-0.2, -0.15) is 13.2 Å². The van der Waals surface area contributed by atoms with Crippen LogP contribution in [0.3, 0.4) is 0 Å². The van der Waals surface area contributed by atoms with E-state index in [0.717, 1.165) is 52.6 Å². The van der Waals surface area contributed by atoms with Crippen LogP contribution in [0, 0.1) is 6.92 Å². The summed E-state index contributed by atoms with van der Waals surface area (Å²) in [6.07, 6.45) is 0.744. The van der Waals surface area contributed by atoms with Crippen molar-refractivity contribution < 1.29 is 13.2 Å². The Morgan fingerprint density at radius 2 is 1.68 bits per heavy atom. The first-order chi connectivity index (χ1) is 14.8. The molecule has 3 nitrogen and oxygen atoms in total. The van der Waals surface area contributed by atoms with Crippen LogP contribution >= 0.6 is 11.6 Å². The van der Waals surface area contributed by atoms with Gasteiger partial charge in [-0.15, -0.1) is 0 Å². The molecule has 4 aromatic rings. The molecule has 2 aromatic heterocycles. The Kier molecular flexibility index (Phi) is 5.83. The minimum Gasteiger partial charge on any atom is -0.340 e. The van der Waals surface area contributed by atoms with Gasteiger partial charge in [0.25, 0.3) is 0 Å². The Morgan fingerprint density at radius 1 is 0.903 bits per heavy atom. The van der Waals surface area contributed by atoms with Gasteiger partial charge in [0.05, 0.1) is 5.56 Å². The van der Waals surface area contributed by atoms with Crippen molar-refractivity contribution in [2.24, 2.45) is 0 Å². The first-order valence-electron chi connectivity index (χ1n) is 9.72. The van der Waals surface area contributed by atoms with Crippen molar-refractivity contribution in [3.63, 3.8) is 0 Å². The molecule has 0 spiro atoms. The lowest BCUT2D eigenvalue weighted by atomic mass is 10.0. The van der Waals surface area contributed by atoms with E-state index in [1.165, 1.54) is 6.07 Å². The summed E-state index contributed by atoms with van der Waals surface area (Å²) in [4.78, 5) is 8.83. The highest BCUT2D eigenvalue weighted by atomic mass is 35.5. The average molecular weight is 442 g/mol. The first-order valence-corrected chi connectivity index (χ1v) is 10.1. The van der Waals surface area contributed by atoms with E-state index in [1.54, 1.807) is 6.20 Å². The highest BCUT2D eigenvalue weighted by Gasteiger charge is 2.31. The van der Waals surface area contributed by atoms with Gasteiger partial charge < -0.3 is 5.32 Å². The number of nitrogens with one attached hydrogen (secondary N) is 1. The summed E-state index contributed by atoms with van der Waals surface area (Å²) in [5, 5.41) is 4.83. The van der Waals surface area contributed by atoms with E-state index < -0.39 is 11.7 Å². The third-order valence-corrected chi connectivity index (χ3v) is 5.24. The zero-order valence-electron chi connectivity index (χ0n) is 16.7. The van der Waals surface area contributed by atoms with Crippen LogP contribution in [0.1, 0.15) is 22.4 Å². The summed E-state index contributed by atoms with van der Waals surface area (Å²) in [5.74, 6) is 0.478. The lowest BCUT2D eigenvalue weighted by molar-refractivity contribution is -0.137. The fraction of sp³-hybridized carbons (Fsp3) is 0.167. The average Bonchev–Trinajstić information content (AvgIpc) is 2.73. The fourth-order valence-electron chi connectivity index (χ4n) is 3.44. The van der Waals surface area contributed by atoms with E-state index in [2.05, 4.69) is 21.4 Å². The van der Waals surface area contributed by atoms with Crippen molar-refractivity contribution in [1.82, 2.24) is 9.97 Å². The summed E-state index contributed by atoms with van der Waals surface area (Å²) in [5.41, 5.74) is 2.59. The quantitative estimate of drug-likeness (QED) is 0.357. The summed E-state index contributed by atoms with van der Waals surface area (Å²) in [6, 6.07) is 15.1. The molecule has 0 unspecified atom stereocenters. The maximum Gasteiger partial charge on any atom is 0.416 e. The Morgan fingerprint density at radius 3 is 2.39 bits per heavy atom. The van der Waals surface area contributed by atoms with Gasteiger partial charge in [0, 0.05) is 34.2 Å². The first kappa shape index (κ1) is 21.1. The summed E-state index contributed by atoms with van der Waals surface area (Å²) in [7, 11) is 0. The van der Waals surface area contributed by atoms with Gasteiger partial charge in [-0.3, -0.25) is 4.98 Å². The predicted molar refractivity (Wildman–Crippen MR) is 118 cm³/mol. The number of aryl methyl sites for hydroxylation is 3. The molecule has 158 valence electrons. The highest BCUT2D eigenvalue weighted by Crippen LogP contribution is 2.35. The van der Waals surface area contributed by atoms with Crippen LogP contribution in [0.15, 0.2) is 67.0 Å². The molecule has 0 aliphatic heterocycles. The van der Waals surface area contributed by atoms with Crippen molar-refractivity contribution in [2.45, 2.75) is 25.9 Å². The molecule has 0 fully saturated rings. The standard InChI is InChI=1S/C24H19ClF3N3/c1-15-6-7-16(13-29-15)8-9-17-14-30-23(22-5-3-2-4-21(17)22)31-20-11-18(24(26,27)28)10-19(25)12-20/h2-7,10-14H,8-9H2,1H3,(H,30,31). The van der Waals surface area contributed by atoms with E-state index in [-0.39, 0.29) is 10.7 Å². The molecular weight excluding hydrogens is 423 g/mol. The monoisotopic (exact) mass is 441 g/mol. The lowest BCUT2D eigenvalue weighted by Gasteiger charge is -2.14. The van der Waals surface area contributed by atoms with Crippen LogP contribution in [0.2, 0.25) is 5.02 Å². The molecule has 1 N–H and O–H groups in total. The van der Waals surface area contributed by atoms with E-state index in [9.17, 15) is 13.2 Å². The number of rotatable bonds is 5. The van der Waals surface area contributed by atoms with Gasteiger partial charge in [-0.05, 0) is 60.5 Å². The topological polar surface area (TPSA) is 37.8 Å². The molecule has 0 amide bonds. The van der Waals surface area contributed by atoms with Gasteiger partial charge in [-0.1, -0.05) is 41.9 Å². The molecule has 0 saturated heterocycles. The van der Waals surface area contributed by atoms with Crippen molar-refractivity contribution in [3.05, 3.63) is 94.4 Å². The Balaban J connectivity index is 1.64. The maximum atomic E-state index is 13.1. The van der Waals surface area contributed by atoms with Gasteiger partial charge in [-0.25, -0.2) is 4.98 Å². The summed E-state index contributed by atoms with van der Waals surface area (Å²) < 4.78 is 39.4. The van der Waals surface area contributed by atoms with Crippen LogP contribution < -0.4 is 5.32 Å². The summed E-state index contributed by atoms with van der Waals surface area (Å²) >= 11 is 5.91. The smallest absolute Gasteiger partial charge is 0.340 e. The molecule has 31 heavy (non-hydrogen) atoms. The molecule has 2 aromatic carbocycles. The van der Waals surface area contributed by atoms with Crippen LogP contribution in [-0.4, -0.2) is 9.97 Å². The maximum absolute atomic E-state index is 13.1. The number of fused-ring (bicyclic) bond motifs is 1. The number of anilines is 2. The molecule has 0 bridgehead atoms. The van der Waals surface area contributed by atoms with Crippen LogP contribution in [-0.2, 0) is 19.0 Å².